The lowest BCUT2D eigenvalue weighted by molar-refractivity contribution is -0.147. The van der Waals surface area contributed by atoms with Gasteiger partial charge < -0.3 is 4.74 Å². The van der Waals surface area contributed by atoms with E-state index in [1.165, 1.54) is 20.1 Å². The molecule has 0 atom stereocenters. The van der Waals surface area contributed by atoms with Crippen molar-refractivity contribution in [3.63, 3.8) is 0 Å². The number of methoxy groups -OCH3 is 1. The van der Waals surface area contributed by atoms with Gasteiger partial charge in [-0.05, 0) is 37.0 Å². The largest absolute Gasteiger partial charge is 0.468 e. The Morgan fingerprint density at radius 3 is 2.44 bits per heavy atom. The third-order valence-corrected chi connectivity index (χ3v) is 3.89. The molecule has 98 valence electrons. The van der Waals surface area contributed by atoms with Crippen LogP contribution in [0.15, 0.2) is 12.1 Å². The molecule has 0 heterocycles. The first-order valence-corrected chi connectivity index (χ1v) is 6.06. The van der Waals surface area contributed by atoms with Crippen molar-refractivity contribution in [2.45, 2.75) is 38.0 Å². The second kappa shape index (κ2) is 4.67. The summed E-state index contributed by atoms with van der Waals surface area (Å²) in [6, 6.07) is 2.59. The van der Waals surface area contributed by atoms with Gasteiger partial charge in [0.15, 0.2) is 11.6 Å². The molecule has 4 heteroatoms. The maximum absolute atomic E-state index is 13.7. The van der Waals surface area contributed by atoms with Gasteiger partial charge in [-0.1, -0.05) is 18.9 Å². The van der Waals surface area contributed by atoms with Gasteiger partial charge in [0.05, 0.1) is 12.5 Å². The highest BCUT2D eigenvalue weighted by atomic mass is 19.2. The van der Waals surface area contributed by atoms with E-state index in [4.69, 9.17) is 4.74 Å². The quantitative estimate of drug-likeness (QED) is 0.757. The number of benzene rings is 1. The highest BCUT2D eigenvalue weighted by molar-refractivity contribution is 5.84. The number of ether oxygens (including phenoxy) is 1. The topological polar surface area (TPSA) is 26.3 Å². The molecule has 0 radical (unpaired) electrons. The number of hydrogen-bond acceptors (Lipinski definition) is 2. The molecule has 1 aromatic carbocycles. The standard InChI is InChI=1S/C14H16F2O2/c1-9-10(5-6-11(15)12(9)16)14(13(17)18-2)7-3-4-8-14/h5-6H,3-4,7-8H2,1-2H3. The van der Waals surface area contributed by atoms with Crippen molar-refractivity contribution in [3.05, 3.63) is 34.9 Å². The first-order chi connectivity index (χ1) is 8.53. The van der Waals surface area contributed by atoms with Crippen molar-refractivity contribution >= 4 is 5.97 Å². The Hall–Kier alpha value is -1.45. The van der Waals surface area contributed by atoms with Crippen LogP contribution in [0.3, 0.4) is 0 Å². The predicted octanol–water partition coefficient (Wildman–Crippen LogP) is 3.26. The van der Waals surface area contributed by atoms with E-state index in [2.05, 4.69) is 0 Å². The molecule has 18 heavy (non-hydrogen) atoms. The lowest BCUT2D eigenvalue weighted by Crippen LogP contribution is -2.35. The minimum absolute atomic E-state index is 0.210. The average molecular weight is 254 g/mol. The summed E-state index contributed by atoms with van der Waals surface area (Å²) < 4.78 is 31.7. The fraction of sp³-hybridized carbons (Fsp3) is 0.500. The SMILES string of the molecule is COC(=O)C1(c2ccc(F)c(F)c2C)CCCC1. The second-order valence-corrected chi connectivity index (χ2v) is 4.81. The van der Waals surface area contributed by atoms with Crippen LogP contribution in [0.2, 0.25) is 0 Å². The van der Waals surface area contributed by atoms with E-state index >= 15 is 0 Å². The molecule has 1 aromatic rings. The van der Waals surface area contributed by atoms with Gasteiger partial charge in [-0.15, -0.1) is 0 Å². The van der Waals surface area contributed by atoms with Gasteiger partial charge in [-0.2, -0.15) is 0 Å². The number of esters is 1. The molecule has 2 rings (SSSR count). The third kappa shape index (κ3) is 1.80. The summed E-state index contributed by atoms with van der Waals surface area (Å²) in [5.41, 5.74) is -0.0269. The Morgan fingerprint density at radius 2 is 1.89 bits per heavy atom. The second-order valence-electron chi connectivity index (χ2n) is 4.81. The number of carbonyl (C=O) groups is 1. The van der Waals surface area contributed by atoms with Crippen LogP contribution in [0, 0.1) is 18.6 Å². The van der Waals surface area contributed by atoms with Crippen molar-refractivity contribution < 1.29 is 18.3 Å². The molecule has 0 N–H and O–H groups in total. The van der Waals surface area contributed by atoms with Gasteiger partial charge in [0.25, 0.3) is 0 Å². The van der Waals surface area contributed by atoms with Crippen molar-refractivity contribution in [1.82, 2.24) is 0 Å². The van der Waals surface area contributed by atoms with E-state index < -0.39 is 17.0 Å². The van der Waals surface area contributed by atoms with E-state index in [1.807, 2.05) is 0 Å². The van der Waals surface area contributed by atoms with Gasteiger partial charge in [0.2, 0.25) is 0 Å². The minimum Gasteiger partial charge on any atom is -0.468 e. The monoisotopic (exact) mass is 254 g/mol. The molecular formula is C14H16F2O2. The van der Waals surface area contributed by atoms with Crippen LogP contribution >= 0.6 is 0 Å². The molecule has 0 saturated heterocycles. The van der Waals surface area contributed by atoms with Gasteiger partial charge in [-0.25, -0.2) is 8.78 Å². The number of hydrogen-bond donors (Lipinski definition) is 0. The number of halogens is 2. The van der Waals surface area contributed by atoms with E-state index in [0.717, 1.165) is 18.9 Å². The van der Waals surface area contributed by atoms with Crippen LogP contribution < -0.4 is 0 Å². The van der Waals surface area contributed by atoms with Crippen molar-refractivity contribution in [2.75, 3.05) is 7.11 Å². The molecule has 1 aliphatic carbocycles. The van der Waals surface area contributed by atoms with Crippen molar-refractivity contribution in [2.24, 2.45) is 0 Å². The maximum atomic E-state index is 13.7. The molecule has 0 bridgehead atoms. The summed E-state index contributed by atoms with van der Waals surface area (Å²) in [5, 5.41) is 0. The summed E-state index contributed by atoms with van der Waals surface area (Å²) in [6.45, 7) is 1.51. The molecule has 0 aromatic heterocycles. The van der Waals surface area contributed by atoms with E-state index in [0.29, 0.717) is 18.4 Å². The fourth-order valence-electron chi connectivity index (χ4n) is 2.93. The Bertz CT molecular complexity index is 477. The summed E-state index contributed by atoms with van der Waals surface area (Å²) >= 11 is 0. The molecule has 1 saturated carbocycles. The highest BCUT2D eigenvalue weighted by Crippen LogP contribution is 2.43. The van der Waals surface area contributed by atoms with Crippen LogP contribution in [-0.4, -0.2) is 13.1 Å². The van der Waals surface area contributed by atoms with E-state index in [1.54, 1.807) is 0 Å². The van der Waals surface area contributed by atoms with Crippen LogP contribution in [0.1, 0.15) is 36.8 Å². The maximum Gasteiger partial charge on any atom is 0.316 e. The summed E-state index contributed by atoms with van der Waals surface area (Å²) in [6.07, 6.45) is 3.05. The van der Waals surface area contributed by atoms with Gasteiger partial charge >= 0.3 is 5.97 Å². The van der Waals surface area contributed by atoms with Crippen LogP contribution in [0.25, 0.3) is 0 Å². The smallest absolute Gasteiger partial charge is 0.316 e. The predicted molar refractivity (Wildman–Crippen MR) is 63.3 cm³/mol. The molecular weight excluding hydrogens is 238 g/mol. The molecule has 0 spiro atoms. The molecule has 1 aliphatic rings. The highest BCUT2D eigenvalue weighted by Gasteiger charge is 2.45. The van der Waals surface area contributed by atoms with Crippen LogP contribution in [-0.2, 0) is 14.9 Å². The molecule has 0 amide bonds. The first kappa shape index (κ1) is 13.0. The zero-order chi connectivity index (χ0) is 13.3. The van der Waals surface area contributed by atoms with E-state index in [-0.39, 0.29) is 11.5 Å². The normalized spacial score (nSPS) is 17.8. The molecule has 0 aliphatic heterocycles. The summed E-state index contributed by atoms with van der Waals surface area (Å²) in [4.78, 5) is 12.0. The van der Waals surface area contributed by atoms with E-state index in [9.17, 15) is 13.6 Å². The third-order valence-electron chi connectivity index (χ3n) is 3.89. The van der Waals surface area contributed by atoms with Crippen molar-refractivity contribution in [1.29, 1.82) is 0 Å². The average Bonchev–Trinajstić information content (AvgIpc) is 2.85. The Kier molecular flexibility index (Phi) is 3.37. The number of rotatable bonds is 2. The summed E-state index contributed by atoms with van der Waals surface area (Å²) in [5.74, 6) is -2.11. The zero-order valence-corrected chi connectivity index (χ0v) is 10.6. The van der Waals surface area contributed by atoms with Crippen LogP contribution in [0.4, 0.5) is 8.78 Å². The fourth-order valence-corrected chi connectivity index (χ4v) is 2.93. The molecule has 0 unspecified atom stereocenters. The first-order valence-electron chi connectivity index (χ1n) is 6.06. The molecule has 2 nitrogen and oxygen atoms in total. The summed E-state index contributed by atoms with van der Waals surface area (Å²) in [7, 11) is 1.33. The van der Waals surface area contributed by atoms with Gasteiger partial charge in [0, 0.05) is 0 Å². The Labute approximate surface area is 105 Å². The van der Waals surface area contributed by atoms with Gasteiger partial charge in [-0.3, -0.25) is 4.79 Å². The lowest BCUT2D eigenvalue weighted by atomic mass is 9.76. The molecule has 1 fully saturated rings. The number of carbonyl (C=O) groups excluding carboxylic acids is 1. The zero-order valence-electron chi connectivity index (χ0n) is 10.6. The lowest BCUT2D eigenvalue weighted by Gasteiger charge is -2.28. The minimum atomic E-state index is -0.880. The van der Waals surface area contributed by atoms with Crippen molar-refractivity contribution in [3.8, 4) is 0 Å². The Morgan fingerprint density at radius 1 is 1.28 bits per heavy atom. The van der Waals surface area contributed by atoms with Crippen LogP contribution in [0.5, 0.6) is 0 Å². The Balaban J connectivity index is 2.57. The van der Waals surface area contributed by atoms with Gasteiger partial charge in [0.1, 0.15) is 0 Å².